The Labute approximate surface area is 77.2 Å². The Bertz CT molecular complexity index is 299. The maximum Gasteiger partial charge on any atom is 0.253 e. The van der Waals surface area contributed by atoms with E-state index in [1.165, 1.54) is 0 Å². The summed E-state index contributed by atoms with van der Waals surface area (Å²) in [5, 5.41) is 2.69. The summed E-state index contributed by atoms with van der Waals surface area (Å²) in [4.78, 5) is 15.3. The Morgan fingerprint density at radius 1 is 1.69 bits per heavy atom. The number of carbonyl (C=O) groups excluding carboxylic acids is 1. The van der Waals surface area contributed by atoms with Crippen LogP contribution in [0.1, 0.15) is 15.9 Å². The minimum Gasteiger partial charge on any atom is -0.351 e. The normalized spacial score (nSPS) is 9.69. The first-order chi connectivity index (χ1) is 6.25. The average Bonchev–Trinajstić information content (AvgIpc) is 2.15. The van der Waals surface area contributed by atoms with E-state index in [0.717, 1.165) is 5.56 Å². The minimum absolute atomic E-state index is 0.115. The topological polar surface area (TPSA) is 68.0 Å². The lowest BCUT2D eigenvalue weighted by atomic mass is 10.1. The number of carbonyl (C=O) groups is 1. The highest BCUT2D eigenvalue weighted by atomic mass is 16.1. The van der Waals surface area contributed by atoms with E-state index in [9.17, 15) is 4.79 Å². The van der Waals surface area contributed by atoms with E-state index in [1.54, 1.807) is 18.5 Å². The molecule has 0 saturated heterocycles. The largest absolute Gasteiger partial charge is 0.351 e. The van der Waals surface area contributed by atoms with Crippen LogP contribution >= 0.6 is 0 Å². The Kier molecular flexibility index (Phi) is 3.40. The lowest BCUT2D eigenvalue weighted by molar-refractivity contribution is 0.0954. The molecule has 0 aromatic carbocycles. The monoisotopic (exact) mass is 179 g/mol. The number of hydrogen-bond acceptors (Lipinski definition) is 3. The van der Waals surface area contributed by atoms with Crippen molar-refractivity contribution < 1.29 is 4.79 Å². The molecular formula is C9H13N3O. The average molecular weight is 179 g/mol. The molecule has 1 aromatic rings. The van der Waals surface area contributed by atoms with Crippen LogP contribution in [-0.4, -0.2) is 24.0 Å². The molecule has 4 nitrogen and oxygen atoms in total. The van der Waals surface area contributed by atoms with Gasteiger partial charge in [-0.1, -0.05) is 0 Å². The zero-order chi connectivity index (χ0) is 9.68. The van der Waals surface area contributed by atoms with Crippen molar-refractivity contribution in [3.63, 3.8) is 0 Å². The number of aromatic nitrogens is 1. The molecule has 0 unspecified atom stereocenters. The standard InChI is InChI=1S/C9H13N3O/c1-7-2-4-11-6-8(7)9(13)12-5-3-10/h2,4,6H,3,5,10H2,1H3,(H,12,13). The molecule has 0 atom stereocenters. The summed E-state index contributed by atoms with van der Waals surface area (Å²) in [5.41, 5.74) is 6.79. The lowest BCUT2D eigenvalue weighted by Gasteiger charge is -2.04. The van der Waals surface area contributed by atoms with Gasteiger partial charge in [-0.2, -0.15) is 0 Å². The van der Waals surface area contributed by atoms with Crippen molar-refractivity contribution in [3.8, 4) is 0 Å². The lowest BCUT2D eigenvalue weighted by Crippen LogP contribution is -2.29. The fourth-order valence-electron chi connectivity index (χ4n) is 0.983. The van der Waals surface area contributed by atoms with Gasteiger partial charge in [-0.05, 0) is 18.6 Å². The molecule has 0 radical (unpaired) electrons. The molecule has 0 fully saturated rings. The highest BCUT2D eigenvalue weighted by Crippen LogP contribution is 2.03. The van der Waals surface area contributed by atoms with Crippen LogP contribution in [0.5, 0.6) is 0 Å². The van der Waals surface area contributed by atoms with Crippen LogP contribution in [0.3, 0.4) is 0 Å². The van der Waals surface area contributed by atoms with Crippen molar-refractivity contribution in [2.24, 2.45) is 5.73 Å². The summed E-state index contributed by atoms with van der Waals surface area (Å²) in [6.45, 7) is 2.82. The van der Waals surface area contributed by atoms with Gasteiger partial charge >= 0.3 is 0 Å². The zero-order valence-electron chi connectivity index (χ0n) is 7.58. The van der Waals surface area contributed by atoms with Gasteiger partial charge in [0.05, 0.1) is 5.56 Å². The Morgan fingerprint density at radius 2 is 2.46 bits per heavy atom. The number of hydrogen-bond donors (Lipinski definition) is 2. The van der Waals surface area contributed by atoms with Crippen molar-refractivity contribution in [3.05, 3.63) is 29.6 Å². The van der Waals surface area contributed by atoms with Gasteiger partial charge in [0, 0.05) is 25.5 Å². The van der Waals surface area contributed by atoms with E-state index in [0.29, 0.717) is 18.7 Å². The predicted molar refractivity (Wildman–Crippen MR) is 50.4 cm³/mol. The molecule has 1 amide bonds. The van der Waals surface area contributed by atoms with Crippen molar-refractivity contribution in [1.29, 1.82) is 0 Å². The Hall–Kier alpha value is -1.42. The van der Waals surface area contributed by atoms with Gasteiger partial charge in [0.25, 0.3) is 5.91 Å². The third-order valence-corrected chi connectivity index (χ3v) is 1.71. The van der Waals surface area contributed by atoms with Gasteiger partial charge < -0.3 is 11.1 Å². The summed E-state index contributed by atoms with van der Waals surface area (Å²) in [6, 6.07) is 1.80. The van der Waals surface area contributed by atoms with Crippen LogP contribution in [0.15, 0.2) is 18.5 Å². The van der Waals surface area contributed by atoms with E-state index in [2.05, 4.69) is 10.3 Å². The molecule has 0 aliphatic carbocycles. The Morgan fingerprint density at radius 3 is 3.08 bits per heavy atom. The molecule has 1 heterocycles. The van der Waals surface area contributed by atoms with E-state index in [-0.39, 0.29) is 5.91 Å². The maximum absolute atomic E-state index is 11.4. The van der Waals surface area contributed by atoms with Gasteiger partial charge in [-0.3, -0.25) is 9.78 Å². The SMILES string of the molecule is Cc1ccncc1C(=O)NCCN. The third kappa shape index (κ3) is 2.52. The highest BCUT2D eigenvalue weighted by molar-refractivity contribution is 5.95. The summed E-state index contributed by atoms with van der Waals surface area (Å²) in [5.74, 6) is -0.115. The quantitative estimate of drug-likeness (QED) is 0.690. The van der Waals surface area contributed by atoms with Gasteiger partial charge in [0.15, 0.2) is 0 Å². The number of nitrogens with zero attached hydrogens (tertiary/aromatic N) is 1. The van der Waals surface area contributed by atoms with E-state index in [4.69, 9.17) is 5.73 Å². The van der Waals surface area contributed by atoms with Crippen LogP contribution in [0, 0.1) is 6.92 Å². The second-order valence-electron chi connectivity index (χ2n) is 2.74. The molecule has 0 saturated carbocycles. The van der Waals surface area contributed by atoms with Gasteiger partial charge in [-0.15, -0.1) is 0 Å². The molecule has 0 bridgehead atoms. The fraction of sp³-hybridized carbons (Fsp3) is 0.333. The number of amides is 1. The molecule has 1 rings (SSSR count). The second-order valence-corrected chi connectivity index (χ2v) is 2.74. The van der Waals surface area contributed by atoms with Crippen molar-refractivity contribution in [1.82, 2.24) is 10.3 Å². The molecule has 0 spiro atoms. The molecule has 4 heteroatoms. The van der Waals surface area contributed by atoms with Crippen molar-refractivity contribution in [2.75, 3.05) is 13.1 Å². The van der Waals surface area contributed by atoms with E-state index >= 15 is 0 Å². The minimum atomic E-state index is -0.115. The van der Waals surface area contributed by atoms with Gasteiger partial charge in [-0.25, -0.2) is 0 Å². The van der Waals surface area contributed by atoms with Crippen molar-refractivity contribution in [2.45, 2.75) is 6.92 Å². The first-order valence-corrected chi connectivity index (χ1v) is 4.14. The van der Waals surface area contributed by atoms with Crippen molar-refractivity contribution >= 4 is 5.91 Å². The smallest absolute Gasteiger partial charge is 0.253 e. The van der Waals surface area contributed by atoms with Crippen LogP contribution in [0.2, 0.25) is 0 Å². The summed E-state index contributed by atoms with van der Waals surface area (Å²) < 4.78 is 0. The third-order valence-electron chi connectivity index (χ3n) is 1.71. The summed E-state index contributed by atoms with van der Waals surface area (Å²) in [7, 11) is 0. The van der Waals surface area contributed by atoms with Crippen LogP contribution in [0.25, 0.3) is 0 Å². The van der Waals surface area contributed by atoms with E-state index < -0.39 is 0 Å². The fourth-order valence-corrected chi connectivity index (χ4v) is 0.983. The predicted octanol–water partition coefficient (Wildman–Crippen LogP) is 0.0785. The molecule has 0 aliphatic rings. The number of aryl methyl sites for hydroxylation is 1. The van der Waals surface area contributed by atoms with Gasteiger partial charge in [0.1, 0.15) is 0 Å². The highest BCUT2D eigenvalue weighted by Gasteiger charge is 2.06. The summed E-state index contributed by atoms with van der Waals surface area (Å²) >= 11 is 0. The molecular weight excluding hydrogens is 166 g/mol. The molecule has 1 aromatic heterocycles. The number of pyridine rings is 1. The maximum atomic E-state index is 11.4. The van der Waals surface area contributed by atoms with Crippen LogP contribution in [-0.2, 0) is 0 Å². The van der Waals surface area contributed by atoms with E-state index in [1.807, 2.05) is 6.92 Å². The first kappa shape index (κ1) is 9.67. The molecule has 13 heavy (non-hydrogen) atoms. The zero-order valence-corrected chi connectivity index (χ0v) is 7.58. The number of nitrogens with one attached hydrogen (secondary N) is 1. The summed E-state index contributed by atoms with van der Waals surface area (Å²) in [6.07, 6.45) is 3.22. The van der Waals surface area contributed by atoms with Crippen LogP contribution < -0.4 is 11.1 Å². The first-order valence-electron chi connectivity index (χ1n) is 4.14. The molecule has 70 valence electrons. The number of rotatable bonds is 3. The molecule has 0 aliphatic heterocycles. The number of nitrogens with two attached hydrogens (primary N) is 1. The molecule has 3 N–H and O–H groups in total. The second kappa shape index (κ2) is 4.57. The van der Waals surface area contributed by atoms with Gasteiger partial charge in [0.2, 0.25) is 0 Å². The Balaban J connectivity index is 2.71. The van der Waals surface area contributed by atoms with Crippen LogP contribution in [0.4, 0.5) is 0 Å².